The van der Waals surface area contributed by atoms with Gasteiger partial charge in [-0.25, -0.2) is 0 Å². The quantitative estimate of drug-likeness (QED) is 0.907. The molecule has 0 aliphatic carbocycles. The zero-order chi connectivity index (χ0) is 14.0. The summed E-state index contributed by atoms with van der Waals surface area (Å²) in [6, 6.07) is 3.65. The summed E-state index contributed by atoms with van der Waals surface area (Å²) in [5.41, 5.74) is 1.47. The average molecular weight is 363 g/mol. The molecule has 8 heteroatoms. The topological polar surface area (TPSA) is 64.1 Å². The highest BCUT2D eigenvalue weighted by atomic mass is 79.9. The molecule has 0 bridgehead atoms. The molecule has 0 aliphatic rings. The molecule has 0 atom stereocenters. The first-order valence-electron chi connectivity index (χ1n) is 5.15. The fraction of sp³-hybridized carbons (Fsp3) is 0.182. The van der Waals surface area contributed by atoms with E-state index < -0.39 is 0 Å². The summed E-state index contributed by atoms with van der Waals surface area (Å²) >= 11 is 10.0. The SMILES string of the molecule is COc1cc(Br)cc(C)c1NC(=O)c1nnc(Cl)s1. The van der Waals surface area contributed by atoms with Crippen LogP contribution in [0.15, 0.2) is 16.6 Å². The molecule has 1 amide bonds. The molecule has 100 valence electrons. The van der Waals surface area contributed by atoms with Crippen LogP contribution < -0.4 is 10.1 Å². The van der Waals surface area contributed by atoms with Crippen molar-refractivity contribution in [2.24, 2.45) is 0 Å². The summed E-state index contributed by atoms with van der Waals surface area (Å²) in [5, 5.41) is 10.2. The lowest BCUT2D eigenvalue weighted by molar-refractivity contribution is 0.102. The Bertz CT molecular complexity index is 632. The predicted octanol–water partition coefficient (Wildman–Crippen LogP) is 3.52. The highest BCUT2D eigenvalue weighted by molar-refractivity contribution is 9.10. The third-order valence-electron chi connectivity index (χ3n) is 2.32. The van der Waals surface area contributed by atoms with Crippen LogP contribution in [0.1, 0.15) is 15.4 Å². The first kappa shape index (κ1) is 14.2. The second kappa shape index (κ2) is 5.85. The molecule has 1 aromatic carbocycles. The summed E-state index contributed by atoms with van der Waals surface area (Å²) in [6.45, 7) is 1.87. The number of benzene rings is 1. The Morgan fingerprint density at radius 2 is 2.21 bits per heavy atom. The van der Waals surface area contributed by atoms with Gasteiger partial charge >= 0.3 is 0 Å². The normalized spacial score (nSPS) is 10.3. The van der Waals surface area contributed by atoms with Gasteiger partial charge in [0, 0.05) is 4.47 Å². The number of hydrogen-bond donors (Lipinski definition) is 1. The number of halogens is 2. The van der Waals surface area contributed by atoms with E-state index in [4.69, 9.17) is 16.3 Å². The minimum atomic E-state index is -0.367. The summed E-state index contributed by atoms with van der Waals surface area (Å²) < 4.78 is 6.35. The van der Waals surface area contributed by atoms with E-state index in [1.165, 1.54) is 0 Å². The fourth-order valence-corrected chi connectivity index (χ4v) is 2.77. The van der Waals surface area contributed by atoms with Crippen molar-refractivity contribution >= 4 is 50.5 Å². The molecule has 1 heterocycles. The zero-order valence-corrected chi connectivity index (χ0v) is 13.2. The number of aromatic nitrogens is 2. The first-order chi connectivity index (χ1) is 9.01. The van der Waals surface area contributed by atoms with Gasteiger partial charge in [0.05, 0.1) is 12.8 Å². The van der Waals surface area contributed by atoms with Crippen molar-refractivity contribution in [1.29, 1.82) is 0 Å². The number of nitrogens with zero attached hydrogens (tertiary/aromatic N) is 2. The van der Waals surface area contributed by atoms with Crippen molar-refractivity contribution in [3.63, 3.8) is 0 Å². The monoisotopic (exact) mass is 361 g/mol. The van der Waals surface area contributed by atoms with E-state index in [0.717, 1.165) is 21.4 Å². The van der Waals surface area contributed by atoms with Crippen molar-refractivity contribution in [3.8, 4) is 5.75 Å². The van der Waals surface area contributed by atoms with E-state index in [2.05, 4.69) is 31.4 Å². The number of carbonyl (C=O) groups excluding carboxylic acids is 1. The number of ether oxygens (including phenoxy) is 1. The van der Waals surface area contributed by atoms with E-state index in [9.17, 15) is 4.79 Å². The minimum absolute atomic E-state index is 0.203. The molecule has 0 fully saturated rings. The highest BCUT2D eigenvalue weighted by Crippen LogP contribution is 2.32. The lowest BCUT2D eigenvalue weighted by Crippen LogP contribution is -2.13. The molecule has 0 spiro atoms. The Balaban J connectivity index is 2.31. The molecule has 0 aliphatic heterocycles. The average Bonchev–Trinajstić information content (AvgIpc) is 2.78. The molecular weight excluding hydrogens is 354 g/mol. The van der Waals surface area contributed by atoms with Crippen LogP contribution >= 0.6 is 38.9 Å². The predicted molar refractivity (Wildman–Crippen MR) is 78.3 cm³/mol. The smallest absolute Gasteiger partial charge is 0.286 e. The summed E-state index contributed by atoms with van der Waals surface area (Å²) in [4.78, 5) is 12.0. The van der Waals surface area contributed by atoms with Crippen LogP contribution in [0.2, 0.25) is 4.47 Å². The summed E-state index contributed by atoms with van der Waals surface area (Å²) in [6.07, 6.45) is 0. The maximum absolute atomic E-state index is 12.0. The molecule has 0 saturated carbocycles. The highest BCUT2D eigenvalue weighted by Gasteiger charge is 2.16. The molecule has 0 unspecified atom stereocenters. The lowest BCUT2D eigenvalue weighted by Gasteiger charge is -2.12. The number of hydrogen-bond acceptors (Lipinski definition) is 5. The second-order valence-corrected chi connectivity index (χ2v) is 6.09. The van der Waals surface area contributed by atoms with E-state index in [1.807, 2.05) is 13.0 Å². The Morgan fingerprint density at radius 1 is 1.47 bits per heavy atom. The van der Waals surface area contributed by atoms with E-state index in [1.54, 1.807) is 13.2 Å². The largest absolute Gasteiger partial charge is 0.495 e. The van der Waals surface area contributed by atoms with E-state index in [0.29, 0.717) is 11.4 Å². The number of nitrogens with one attached hydrogen (secondary N) is 1. The van der Waals surface area contributed by atoms with Gasteiger partial charge in [-0.05, 0) is 36.2 Å². The Kier molecular flexibility index (Phi) is 4.38. The standard InChI is InChI=1S/C11H9BrClN3O2S/c1-5-3-6(12)4-7(18-2)8(5)14-9(17)10-15-16-11(13)19-10/h3-4H,1-2H3,(H,14,17). The van der Waals surface area contributed by atoms with Crippen LogP contribution in [-0.2, 0) is 0 Å². The van der Waals surface area contributed by atoms with Crippen molar-refractivity contribution in [2.45, 2.75) is 6.92 Å². The number of methoxy groups -OCH3 is 1. The Morgan fingerprint density at radius 3 is 2.79 bits per heavy atom. The minimum Gasteiger partial charge on any atom is -0.495 e. The lowest BCUT2D eigenvalue weighted by atomic mass is 10.2. The van der Waals surface area contributed by atoms with Gasteiger partial charge in [-0.1, -0.05) is 27.3 Å². The maximum atomic E-state index is 12.0. The number of rotatable bonds is 3. The number of carbonyl (C=O) groups is 1. The van der Waals surface area contributed by atoms with Gasteiger partial charge in [-0.2, -0.15) is 0 Å². The fourth-order valence-electron chi connectivity index (χ4n) is 1.50. The van der Waals surface area contributed by atoms with Crippen molar-refractivity contribution in [3.05, 3.63) is 31.6 Å². The van der Waals surface area contributed by atoms with Crippen LogP contribution in [0.3, 0.4) is 0 Å². The maximum Gasteiger partial charge on any atom is 0.286 e. The summed E-state index contributed by atoms with van der Waals surface area (Å²) in [7, 11) is 1.54. The zero-order valence-electron chi connectivity index (χ0n) is 10.0. The molecule has 2 aromatic rings. The van der Waals surface area contributed by atoms with Gasteiger partial charge < -0.3 is 10.1 Å². The van der Waals surface area contributed by atoms with E-state index in [-0.39, 0.29) is 15.4 Å². The number of anilines is 1. The van der Waals surface area contributed by atoms with Gasteiger partial charge in [0.1, 0.15) is 5.75 Å². The number of aryl methyl sites for hydroxylation is 1. The molecule has 0 radical (unpaired) electrons. The first-order valence-corrected chi connectivity index (χ1v) is 7.14. The molecule has 5 nitrogen and oxygen atoms in total. The van der Waals surface area contributed by atoms with Crippen LogP contribution in [0.25, 0.3) is 0 Å². The molecule has 19 heavy (non-hydrogen) atoms. The molecule has 0 saturated heterocycles. The van der Waals surface area contributed by atoms with Gasteiger partial charge in [-0.3, -0.25) is 4.79 Å². The van der Waals surface area contributed by atoms with Gasteiger partial charge in [0.15, 0.2) is 0 Å². The van der Waals surface area contributed by atoms with Crippen LogP contribution in [-0.4, -0.2) is 23.2 Å². The Hall–Kier alpha value is -1.18. The third kappa shape index (κ3) is 3.23. The van der Waals surface area contributed by atoms with Gasteiger partial charge in [0.25, 0.3) is 5.91 Å². The van der Waals surface area contributed by atoms with Crippen LogP contribution in [0, 0.1) is 6.92 Å². The Labute approximate surface area is 127 Å². The van der Waals surface area contributed by atoms with Gasteiger partial charge in [-0.15, -0.1) is 10.2 Å². The molecule has 1 aromatic heterocycles. The number of amides is 1. The van der Waals surface area contributed by atoms with Crippen molar-refractivity contribution < 1.29 is 9.53 Å². The second-order valence-electron chi connectivity index (χ2n) is 3.61. The van der Waals surface area contributed by atoms with E-state index >= 15 is 0 Å². The third-order valence-corrected chi connectivity index (χ3v) is 3.79. The van der Waals surface area contributed by atoms with Crippen LogP contribution in [0.4, 0.5) is 5.69 Å². The molecule has 1 N–H and O–H groups in total. The molecule has 2 rings (SSSR count). The van der Waals surface area contributed by atoms with Crippen LogP contribution in [0.5, 0.6) is 5.75 Å². The molecular formula is C11H9BrClN3O2S. The summed E-state index contributed by atoms with van der Waals surface area (Å²) in [5.74, 6) is 0.198. The van der Waals surface area contributed by atoms with Crippen molar-refractivity contribution in [1.82, 2.24) is 10.2 Å². The van der Waals surface area contributed by atoms with Gasteiger partial charge in [0.2, 0.25) is 9.47 Å². The van der Waals surface area contributed by atoms with Crippen molar-refractivity contribution in [2.75, 3.05) is 12.4 Å².